The molecule has 3 aromatic rings. The van der Waals surface area contributed by atoms with Gasteiger partial charge in [0.25, 0.3) is 0 Å². The zero-order valence-electron chi connectivity index (χ0n) is 14.5. The molecule has 0 aliphatic heterocycles. The van der Waals surface area contributed by atoms with Gasteiger partial charge in [-0.2, -0.15) is 20.1 Å². The lowest BCUT2D eigenvalue weighted by atomic mass is 10.1. The normalized spacial score (nSPS) is 14.8. The Morgan fingerprint density at radius 1 is 1.22 bits per heavy atom. The van der Waals surface area contributed by atoms with E-state index >= 15 is 0 Å². The standard InChI is InChI=1S/C17H18ClFN8/c1-8(10-4-5-12(19)11(18)6-10)21-16-23-15(20)24-17(25-16)22-14-7-13(26-27-14)9-2-3-9/h4-9H,2-3H2,1H3,(H5,20,21,22,23,24,25,26,27). The molecule has 0 radical (unpaired) electrons. The minimum absolute atomic E-state index is 0.0589. The van der Waals surface area contributed by atoms with Gasteiger partial charge in [-0.15, -0.1) is 0 Å². The minimum atomic E-state index is -0.465. The number of nitrogens with zero attached hydrogens (tertiary/aromatic N) is 4. The van der Waals surface area contributed by atoms with E-state index in [0.717, 1.165) is 11.3 Å². The first-order chi connectivity index (χ1) is 13.0. The number of nitrogen functional groups attached to an aromatic ring is 1. The van der Waals surface area contributed by atoms with E-state index < -0.39 is 5.82 Å². The number of hydrogen-bond donors (Lipinski definition) is 4. The highest BCUT2D eigenvalue weighted by atomic mass is 35.5. The van der Waals surface area contributed by atoms with Gasteiger partial charge in [0.15, 0.2) is 5.82 Å². The van der Waals surface area contributed by atoms with Crippen LogP contribution in [0.3, 0.4) is 0 Å². The molecule has 1 fully saturated rings. The summed E-state index contributed by atoms with van der Waals surface area (Å²) in [5.74, 6) is 1.35. The van der Waals surface area contributed by atoms with Crippen molar-refractivity contribution < 1.29 is 4.39 Å². The predicted octanol–water partition coefficient (Wildman–Crippen LogP) is 3.76. The first kappa shape index (κ1) is 17.5. The number of aromatic amines is 1. The van der Waals surface area contributed by atoms with E-state index in [4.69, 9.17) is 17.3 Å². The molecule has 2 aromatic heterocycles. The van der Waals surface area contributed by atoms with Crippen LogP contribution in [0.4, 0.5) is 28.1 Å². The van der Waals surface area contributed by atoms with Crippen molar-refractivity contribution >= 4 is 35.3 Å². The number of benzene rings is 1. The monoisotopic (exact) mass is 388 g/mol. The van der Waals surface area contributed by atoms with Crippen LogP contribution in [0, 0.1) is 5.82 Å². The van der Waals surface area contributed by atoms with Gasteiger partial charge in [-0.3, -0.25) is 5.10 Å². The van der Waals surface area contributed by atoms with Crippen LogP contribution in [0.2, 0.25) is 5.02 Å². The minimum Gasteiger partial charge on any atom is -0.368 e. The molecule has 0 saturated heterocycles. The predicted molar refractivity (Wildman–Crippen MR) is 102 cm³/mol. The Morgan fingerprint density at radius 2 is 2.00 bits per heavy atom. The van der Waals surface area contributed by atoms with E-state index in [1.54, 1.807) is 12.1 Å². The summed E-state index contributed by atoms with van der Waals surface area (Å²) in [7, 11) is 0. The van der Waals surface area contributed by atoms with Crippen molar-refractivity contribution in [2.45, 2.75) is 31.7 Å². The summed E-state index contributed by atoms with van der Waals surface area (Å²) in [4.78, 5) is 12.5. The summed E-state index contributed by atoms with van der Waals surface area (Å²) >= 11 is 5.85. The fraction of sp³-hybridized carbons (Fsp3) is 0.294. The zero-order chi connectivity index (χ0) is 19.0. The van der Waals surface area contributed by atoms with Crippen LogP contribution in [-0.2, 0) is 0 Å². The second kappa shape index (κ2) is 6.99. The fourth-order valence-corrected chi connectivity index (χ4v) is 2.88. The third kappa shape index (κ3) is 4.08. The number of halogens is 2. The molecule has 0 spiro atoms. The Hall–Kier alpha value is -2.94. The van der Waals surface area contributed by atoms with E-state index in [0.29, 0.717) is 11.7 Å². The zero-order valence-corrected chi connectivity index (χ0v) is 15.3. The molecule has 2 heterocycles. The molecule has 4 rings (SSSR count). The molecule has 140 valence electrons. The third-order valence-electron chi connectivity index (χ3n) is 4.30. The lowest BCUT2D eigenvalue weighted by Crippen LogP contribution is -2.13. The Kier molecular flexibility index (Phi) is 4.53. The van der Waals surface area contributed by atoms with Crippen LogP contribution in [-0.4, -0.2) is 25.1 Å². The van der Waals surface area contributed by atoms with Crippen molar-refractivity contribution in [1.29, 1.82) is 0 Å². The Morgan fingerprint density at radius 3 is 2.74 bits per heavy atom. The number of H-pyrrole nitrogens is 1. The van der Waals surface area contributed by atoms with E-state index in [-0.39, 0.29) is 28.9 Å². The van der Waals surface area contributed by atoms with Gasteiger partial charge in [0.2, 0.25) is 17.8 Å². The van der Waals surface area contributed by atoms with Crippen LogP contribution in [0.25, 0.3) is 0 Å². The summed E-state index contributed by atoms with van der Waals surface area (Å²) in [5, 5.41) is 13.4. The van der Waals surface area contributed by atoms with Crippen LogP contribution < -0.4 is 16.4 Å². The quantitative estimate of drug-likeness (QED) is 0.507. The number of aromatic nitrogens is 5. The Balaban J connectivity index is 1.49. The molecule has 1 unspecified atom stereocenters. The number of hydrogen-bond acceptors (Lipinski definition) is 7. The van der Waals surface area contributed by atoms with Crippen LogP contribution in [0.15, 0.2) is 24.3 Å². The number of rotatable bonds is 6. The van der Waals surface area contributed by atoms with Crippen molar-refractivity contribution in [2.75, 3.05) is 16.4 Å². The lowest BCUT2D eigenvalue weighted by molar-refractivity contribution is 0.627. The van der Waals surface area contributed by atoms with Crippen LogP contribution in [0.1, 0.15) is 43.0 Å². The molecular weight excluding hydrogens is 371 g/mol. The number of nitrogens with one attached hydrogen (secondary N) is 3. The van der Waals surface area contributed by atoms with Crippen LogP contribution >= 0.6 is 11.6 Å². The van der Waals surface area contributed by atoms with Gasteiger partial charge >= 0.3 is 0 Å². The molecule has 27 heavy (non-hydrogen) atoms. The van der Waals surface area contributed by atoms with E-state index in [1.807, 2.05) is 13.0 Å². The SMILES string of the molecule is CC(Nc1nc(N)nc(Nc2cc(C3CC3)[nH]n2)n1)c1ccc(F)c(Cl)c1. The first-order valence-electron chi connectivity index (χ1n) is 8.53. The van der Waals surface area contributed by atoms with Gasteiger partial charge in [0.05, 0.1) is 11.1 Å². The Bertz CT molecular complexity index is 971. The molecule has 1 aliphatic carbocycles. The average Bonchev–Trinajstić information content (AvgIpc) is 3.36. The van der Waals surface area contributed by atoms with Crippen LogP contribution in [0.5, 0.6) is 0 Å². The van der Waals surface area contributed by atoms with Gasteiger partial charge in [0.1, 0.15) is 5.82 Å². The van der Waals surface area contributed by atoms with Crippen molar-refractivity contribution in [3.63, 3.8) is 0 Å². The summed E-state index contributed by atoms with van der Waals surface area (Å²) in [5.41, 5.74) is 7.68. The Labute approximate surface area is 159 Å². The maximum atomic E-state index is 13.3. The number of anilines is 4. The van der Waals surface area contributed by atoms with Crippen molar-refractivity contribution in [3.8, 4) is 0 Å². The summed E-state index contributed by atoms with van der Waals surface area (Å²) in [6, 6.07) is 6.24. The molecular formula is C17H18ClFN8. The lowest BCUT2D eigenvalue weighted by Gasteiger charge is -2.15. The highest BCUT2D eigenvalue weighted by Crippen LogP contribution is 2.39. The van der Waals surface area contributed by atoms with E-state index in [2.05, 4.69) is 35.8 Å². The second-order valence-electron chi connectivity index (χ2n) is 6.49. The molecule has 1 aliphatic rings. The maximum Gasteiger partial charge on any atom is 0.235 e. The first-order valence-corrected chi connectivity index (χ1v) is 8.91. The van der Waals surface area contributed by atoms with Crippen molar-refractivity contribution in [1.82, 2.24) is 25.1 Å². The molecule has 5 N–H and O–H groups in total. The van der Waals surface area contributed by atoms with Crippen molar-refractivity contribution in [3.05, 3.63) is 46.4 Å². The third-order valence-corrected chi connectivity index (χ3v) is 4.59. The summed E-state index contributed by atoms with van der Waals surface area (Å²) in [6.07, 6.45) is 2.36. The van der Waals surface area contributed by atoms with Gasteiger partial charge in [0, 0.05) is 17.7 Å². The second-order valence-corrected chi connectivity index (χ2v) is 6.90. The van der Waals surface area contributed by atoms with Gasteiger partial charge < -0.3 is 16.4 Å². The largest absolute Gasteiger partial charge is 0.368 e. The van der Waals surface area contributed by atoms with Crippen molar-refractivity contribution in [2.24, 2.45) is 0 Å². The highest BCUT2D eigenvalue weighted by Gasteiger charge is 2.25. The van der Waals surface area contributed by atoms with E-state index in [9.17, 15) is 4.39 Å². The smallest absolute Gasteiger partial charge is 0.235 e. The topological polar surface area (TPSA) is 117 Å². The average molecular weight is 389 g/mol. The molecule has 1 aromatic carbocycles. The summed E-state index contributed by atoms with van der Waals surface area (Å²) in [6.45, 7) is 1.88. The van der Waals surface area contributed by atoms with Gasteiger partial charge in [-0.1, -0.05) is 17.7 Å². The molecule has 1 atom stereocenters. The van der Waals surface area contributed by atoms with Gasteiger partial charge in [-0.05, 0) is 37.5 Å². The molecule has 10 heteroatoms. The molecule has 1 saturated carbocycles. The fourth-order valence-electron chi connectivity index (χ4n) is 2.69. The molecule has 0 bridgehead atoms. The number of nitrogens with two attached hydrogens (primary N) is 1. The highest BCUT2D eigenvalue weighted by molar-refractivity contribution is 6.30. The maximum absolute atomic E-state index is 13.3. The molecule has 8 nitrogen and oxygen atoms in total. The van der Waals surface area contributed by atoms with E-state index in [1.165, 1.54) is 18.9 Å². The molecule has 0 amide bonds. The van der Waals surface area contributed by atoms with Gasteiger partial charge in [-0.25, -0.2) is 4.39 Å². The summed E-state index contributed by atoms with van der Waals surface area (Å²) < 4.78 is 13.3.